The molecule has 0 aliphatic heterocycles. The molecule has 1 heterocycles. The van der Waals surface area contributed by atoms with Gasteiger partial charge in [-0.15, -0.1) is 11.3 Å². The molecule has 21 heavy (non-hydrogen) atoms. The molecule has 112 valence electrons. The van der Waals surface area contributed by atoms with E-state index in [1.807, 2.05) is 5.38 Å². The number of benzene rings is 1. The molecule has 0 radical (unpaired) electrons. The van der Waals surface area contributed by atoms with Gasteiger partial charge in [-0.05, 0) is 18.2 Å². The molecule has 2 aromatic rings. The molecule has 6 heteroatoms. The highest BCUT2D eigenvalue weighted by molar-refractivity contribution is 7.09. The smallest absolute Gasteiger partial charge is 0.252 e. The number of nitrogens with zero attached hydrogens (tertiary/aromatic N) is 1. The van der Waals surface area contributed by atoms with Crippen LogP contribution in [0.15, 0.2) is 23.6 Å². The Kier molecular flexibility index (Phi) is 4.18. The molecule has 0 aliphatic rings. The third-order valence-electron chi connectivity index (χ3n) is 2.94. The normalized spacial score (nSPS) is 11.4. The lowest BCUT2D eigenvalue weighted by atomic mass is 9.93. The lowest BCUT2D eigenvalue weighted by molar-refractivity contribution is 0.0996. The average molecular weight is 305 g/mol. The van der Waals surface area contributed by atoms with E-state index in [9.17, 15) is 4.79 Å². The molecule has 0 saturated carbocycles. The van der Waals surface area contributed by atoms with Crippen LogP contribution in [0.3, 0.4) is 0 Å². The summed E-state index contributed by atoms with van der Waals surface area (Å²) in [5.74, 6) is -0.143. The molecule has 0 saturated heterocycles. The van der Waals surface area contributed by atoms with Crippen LogP contribution < -0.4 is 16.2 Å². The van der Waals surface area contributed by atoms with Gasteiger partial charge in [-0.25, -0.2) is 4.98 Å². The summed E-state index contributed by atoms with van der Waals surface area (Å²) in [5, 5.41) is 2.88. The molecule has 0 spiro atoms. The van der Waals surface area contributed by atoms with Crippen LogP contribution in [0.2, 0.25) is 0 Å². The molecule has 0 fully saturated rings. The van der Waals surface area contributed by atoms with Crippen molar-refractivity contribution in [2.75, 3.05) is 5.73 Å². The minimum Gasteiger partial charge on any atom is -0.486 e. The summed E-state index contributed by atoms with van der Waals surface area (Å²) < 4.78 is 5.66. The Labute approximate surface area is 127 Å². The first kappa shape index (κ1) is 15.3. The number of hydrogen-bond donors (Lipinski definition) is 2. The summed E-state index contributed by atoms with van der Waals surface area (Å²) in [4.78, 5) is 15.9. The number of thiazole rings is 1. The fourth-order valence-corrected chi connectivity index (χ4v) is 2.66. The minimum atomic E-state index is -0.563. The van der Waals surface area contributed by atoms with E-state index in [2.05, 4.69) is 25.8 Å². The zero-order valence-electron chi connectivity index (χ0n) is 12.3. The van der Waals surface area contributed by atoms with Crippen molar-refractivity contribution < 1.29 is 9.53 Å². The van der Waals surface area contributed by atoms with E-state index < -0.39 is 5.91 Å². The van der Waals surface area contributed by atoms with E-state index >= 15 is 0 Å². The average Bonchev–Trinajstić information content (AvgIpc) is 2.85. The van der Waals surface area contributed by atoms with Gasteiger partial charge in [0.25, 0.3) is 5.91 Å². The Balaban J connectivity index is 2.13. The fraction of sp³-hybridized carbons (Fsp3) is 0.333. The lowest BCUT2D eigenvalue weighted by Crippen LogP contribution is -2.14. The van der Waals surface area contributed by atoms with Gasteiger partial charge in [-0.2, -0.15) is 0 Å². The van der Waals surface area contributed by atoms with Crippen molar-refractivity contribution in [3.63, 3.8) is 0 Å². The summed E-state index contributed by atoms with van der Waals surface area (Å²) in [6.07, 6.45) is 0. The number of primary amides is 1. The van der Waals surface area contributed by atoms with Crippen LogP contribution in [0.4, 0.5) is 5.69 Å². The topological polar surface area (TPSA) is 91.2 Å². The van der Waals surface area contributed by atoms with Gasteiger partial charge < -0.3 is 16.2 Å². The fourth-order valence-electron chi connectivity index (χ4n) is 1.73. The molecule has 2 rings (SSSR count). The van der Waals surface area contributed by atoms with Crippen LogP contribution in [0.1, 0.15) is 41.8 Å². The second-order valence-electron chi connectivity index (χ2n) is 5.79. The zero-order chi connectivity index (χ0) is 15.6. The van der Waals surface area contributed by atoms with Crippen LogP contribution in [0.25, 0.3) is 0 Å². The molecule has 0 atom stereocenters. The second-order valence-corrected chi connectivity index (χ2v) is 6.73. The van der Waals surface area contributed by atoms with E-state index in [1.54, 1.807) is 12.1 Å². The van der Waals surface area contributed by atoms with Gasteiger partial charge in [0.05, 0.1) is 11.3 Å². The predicted octanol–water partition coefficient (Wildman–Crippen LogP) is 2.70. The first-order valence-corrected chi connectivity index (χ1v) is 7.42. The Morgan fingerprint density at radius 1 is 1.38 bits per heavy atom. The first-order chi connectivity index (χ1) is 9.77. The monoisotopic (exact) mass is 305 g/mol. The van der Waals surface area contributed by atoms with Crippen molar-refractivity contribution in [3.05, 3.63) is 39.8 Å². The van der Waals surface area contributed by atoms with Gasteiger partial charge in [0.15, 0.2) is 0 Å². The quantitative estimate of drug-likeness (QED) is 0.850. The number of nitrogens with two attached hydrogens (primary N) is 2. The van der Waals surface area contributed by atoms with Gasteiger partial charge in [0.1, 0.15) is 17.4 Å². The van der Waals surface area contributed by atoms with E-state index in [1.165, 1.54) is 17.4 Å². The van der Waals surface area contributed by atoms with Crippen molar-refractivity contribution in [2.45, 2.75) is 32.8 Å². The molecule has 0 bridgehead atoms. The summed E-state index contributed by atoms with van der Waals surface area (Å²) in [5.41, 5.74) is 12.8. The first-order valence-electron chi connectivity index (χ1n) is 6.54. The number of nitrogen functional groups attached to an aromatic ring is 1. The van der Waals surface area contributed by atoms with E-state index in [0.29, 0.717) is 18.0 Å². The second kappa shape index (κ2) is 5.73. The van der Waals surface area contributed by atoms with Crippen LogP contribution in [-0.2, 0) is 12.0 Å². The lowest BCUT2D eigenvalue weighted by Gasteiger charge is -2.14. The van der Waals surface area contributed by atoms with Crippen LogP contribution in [-0.4, -0.2) is 10.9 Å². The molecule has 1 amide bonds. The Bertz CT molecular complexity index is 659. The van der Waals surface area contributed by atoms with E-state index in [-0.39, 0.29) is 11.0 Å². The Hall–Kier alpha value is -2.08. The third kappa shape index (κ3) is 3.72. The van der Waals surface area contributed by atoms with E-state index in [4.69, 9.17) is 16.2 Å². The van der Waals surface area contributed by atoms with E-state index in [0.717, 1.165) is 10.7 Å². The summed E-state index contributed by atoms with van der Waals surface area (Å²) in [6.45, 7) is 6.62. The number of carbonyl (C=O) groups is 1. The molecule has 1 aromatic carbocycles. The number of carbonyl (C=O) groups excluding carboxylic acids is 1. The van der Waals surface area contributed by atoms with Gasteiger partial charge in [0.2, 0.25) is 0 Å². The molecule has 4 N–H and O–H groups in total. The molecular formula is C15H19N3O2S. The largest absolute Gasteiger partial charge is 0.486 e. The molecule has 0 aliphatic carbocycles. The summed E-state index contributed by atoms with van der Waals surface area (Å²) in [7, 11) is 0. The summed E-state index contributed by atoms with van der Waals surface area (Å²) in [6, 6.07) is 4.83. The number of rotatable bonds is 4. The summed E-state index contributed by atoms with van der Waals surface area (Å²) >= 11 is 1.54. The Morgan fingerprint density at radius 2 is 2.10 bits per heavy atom. The van der Waals surface area contributed by atoms with Crippen molar-refractivity contribution >= 4 is 22.9 Å². The van der Waals surface area contributed by atoms with Gasteiger partial charge >= 0.3 is 0 Å². The third-order valence-corrected chi connectivity index (χ3v) is 3.76. The van der Waals surface area contributed by atoms with Gasteiger partial charge in [-0.3, -0.25) is 4.79 Å². The molecule has 1 aromatic heterocycles. The number of aromatic nitrogens is 1. The van der Waals surface area contributed by atoms with Gasteiger partial charge in [0, 0.05) is 16.5 Å². The molecular weight excluding hydrogens is 286 g/mol. The molecule has 5 nitrogen and oxygen atoms in total. The maximum Gasteiger partial charge on any atom is 0.252 e. The minimum absolute atomic E-state index is 0.00827. The SMILES string of the molecule is CC(C)(C)c1csc(COc2ccc(N)cc2C(N)=O)n1. The number of ether oxygens (including phenoxy) is 1. The van der Waals surface area contributed by atoms with Crippen LogP contribution in [0.5, 0.6) is 5.75 Å². The maximum atomic E-state index is 11.4. The predicted molar refractivity (Wildman–Crippen MR) is 84.5 cm³/mol. The highest BCUT2D eigenvalue weighted by atomic mass is 32.1. The number of amides is 1. The number of hydrogen-bond acceptors (Lipinski definition) is 5. The van der Waals surface area contributed by atoms with Crippen molar-refractivity contribution in [1.29, 1.82) is 0 Å². The highest BCUT2D eigenvalue weighted by Gasteiger charge is 2.18. The van der Waals surface area contributed by atoms with Crippen LogP contribution in [0, 0.1) is 0 Å². The van der Waals surface area contributed by atoms with Crippen molar-refractivity contribution in [3.8, 4) is 5.75 Å². The van der Waals surface area contributed by atoms with Gasteiger partial charge in [-0.1, -0.05) is 20.8 Å². The van der Waals surface area contributed by atoms with Crippen LogP contribution >= 0.6 is 11.3 Å². The number of anilines is 1. The zero-order valence-corrected chi connectivity index (χ0v) is 13.2. The van der Waals surface area contributed by atoms with Crippen molar-refractivity contribution in [2.24, 2.45) is 5.73 Å². The van der Waals surface area contributed by atoms with Crippen molar-refractivity contribution in [1.82, 2.24) is 4.98 Å². The molecule has 0 unspecified atom stereocenters. The maximum absolute atomic E-state index is 11.4. The highest BCUT2D eigenvalue weighted by Crippen LogP contribution is 2.26. The Morgan fingerprint density at radius 3 is 2.67 bits per heavy atom. The standard InChI is InChI=1S/C15H19N3O2S/c1-15(2,3)12-8-21-13(18-12)7-20-11-5-4-9(16)6-10(11)14(17)19/h4-6,8H,7,16H2,1-3H3,(H2,17,19).